The molecule has 1 N–H and O–H groups in total. The summed E-state index contributed by atoms with van der Waals surface area (Å²) in [6.07, 6.45) is 1.02. The van der Waals surface area contributed by atoms with Gasteiger partial charge in [-0.05, 0) is 48.4 Å². The minimum atomic E-state index is -3.73. The van der Waals surface area contributed by atoms with Gasteiger partial charge in [-0.3, -0.25) is 9.69 Å². The molecule has 2 heterocycles. The Morgan fingerprint density at radius 2 is 1.70 bits per heavy atom. The molecule has 1 aliphatic rings. The molecular formula is C28H39N5O5S2. The van der Waals surface area contributed by atoms with Crippen molar-refractivity contribution in [2.75, 3.05) is 84.7 Å². The van der Waals surface area contributed by atoms with E-state index in [1.165, 1.54) is 40.9 Å². The number of sulfonamides is 1. The largest absolute Gasteiger partial charge is 0.383 e. The number of rotatable bonds is 14. The smallest absolute Gasteiger partial charge is 0.251 e. The van der Waals surface area contributed by atoms with Crippen LogP contribution < -0.4 is 10.2 Å². The third kappa shape index (κ3) is 7.56. The van der Waals surface area contributed by atoms with E-state index in [1.807, 2.05) is 0 Å². The van der Waals surface area contributed by atoms with Crippen LogP contribution in [0.25, 0.3) is 10.2 Å². The van der Waals surface area contributed by atoms with Gasteiger partial charge < -0.3 is 19.7 Å². The highest BCUT2D eigenvalue weighted by molar-refractivity contribution is 7.89. The van der Waals surface area contributed by atoms with Crippen molar-refractivity contribution in [3.63, 3.8) is 0 Å². The number of aryl methyl sites for hydroxylation is 1. The molecule has 0 radical (unpaired) electrons. The first-order valence-corrected chi connectivity index (χ1v) is 15.8. The number of ether oxygens (including phenoxy) is 2. The van der Waals surface area contributed by atoms with Crippen molar-refractivity contribution >= 4 is 42.6 Å². The van der Waals surface area contributed by atoms with Crippen molar-refractivity contribution in [3.05, 3.63) is 53.6 Å². The quantitative estimate of drug-likeness (QED) is 0.306. The summed E-state index contributed by atoms with van der Waals surface area (Å²) in [5.74, 6) is -0.223. The van der Waals surface area contributed by atoms with Crippen LogP contribution in [0.15, 0.2) is 47.4 Å². The second-order valence-corrected chi connectivity index (χ2v) is 12.6. The van der Waals surface area contributed by atoms with Gasteiger partial charge in [0.2, 0.25) is 10.0 Å². The van der Waals surface area contributed by atoms with Crippen LogP contribution in [0, 0.1) is 0 Å². The first-order valence-electron chi connectivity index (χ1n) is 13.6. The number of hydrogen-bond acceptors (Lipinski definition) is 9. The maximum absolute atomic E-state index is 13.1. The summed E-state index contributed by atoms with van der Waals surface area (Å²) >= 11 is 1.75. The molecule has 3 aromatic rings. The number of carbonyl (C=O) groups is 1. The minimum Gasteiger partial charge on any atom is -0.383 e. The monoisotopic (exact) mass is 589 g/mol. The molecule has 1 aliphatic heterocycles. The number of hydrogen-bond donors (Lipinski definition) is 1. The van der Waals surface area contributed by atoms with Gasteiger partial charge in [0, 0.05) is 72.1 Å². The highest BCUT2D eigenvalue weighted by atomic mass is 32.2. The summed E-state index contributed by atoms with van der Waals surface area (Å²) in [5.41, 5.74) is 2.81. The molecule has 0 saturated carbocycles. The topological polar surface area (TPSA) is 104 Å². The van der Waals surface area contributed by atoms with Crippen molar-refractivity contribution in [3.8, 4) is 0 Å². The molecule has 1 aromatic heterocycles. The van der Waals surface area contributed by atoms with Gasteiger partial charge in [-0.15, -0.1) is 0 Å². The van der Waals surface area contributed by atoms with Crippen LogP contribution >= 0.6 is 11.3 Å². The van der Waals surface area contributed by atoms with E-state index in [0.29, 0.717) is 12.1 Å². The number of nitrogens with one attached hydrogen (secondary N) is 1. The first kappa shape index (κ1) is 30.4. The van der Waals surface area contributed by atoms with E-state index in [1.54, 1.807) is 23.5 Å². The predicted molar refractivity (Wildman–Crippen MR) is 159 cm³/mol. The van der Waals surface area contributed by atoms with Gasteiger partial charge in [-0.2, -0.15) is 4.31 Å². The fourth-order valence-electron chi connectivity index (χ4n) is 4.57. The van der Waals surface area contributed by atoms with Crippen LogP contribution in [-0.4, -0.2) is 108 Å². The molecule has 2 aromatic carbocycles. The Morgan fingerprint density at radius 1 is 1.02 bits per heavy atom. The lowest BCUT2D eigenvalue weighted by Gasteiger charge is -2.34. The minimum absolute atomic E-state index is 0.132. The van der Waals surface area contributed by atoms with E-state index in [-0.39, 0.29) is 37.1 Å². The normalized spacial score (nSPS) is 14.8. The summed E-state index contributed by atoms with van der Waals surface area (Å²) in [6.45, 7) is 8.03. The molecule has 1 amide bonds. The summed E-state index contributed by atoms with van der Waals surface area (Å²) in [5, 5.41) is 4.03. The van der Waals surface area contributed by atoms with Crippen molar-refractivity contribution in [2.45, 2.75) is 18.2 Å². The van der Waals surface area contributed by atoms with Crippen LogP contribution in [0.1, 0.15) is 22.8 Å². The first-order chi connectivity index (χ1) is 19.3. The van der Waals surface area contributed by atoms with Crippen molar-refractivity contribution in [2.24, 2.45) is 0 Å². The molecule has 4 rings (SSSR count). The van der Waals surface area contributed by atoms with Crippen molar-refractivity contribution in [1.29, 1.82) is 0 Å². The Kier molecular flexibility index (Phi) is 10.9. The molecule has 0 unspecified atom stereocenters. The number of anilines is 1. The number of carbonyl (C=O) groups excluding carboxylic acids is 1. The van der Waals surface area contributed by atoms with E-state index in [0.717, 1.165) is 49.8 Å². The highest BCUT2D eigenvalue weighted by Crippen LogP contribution is 2.30. The second kappa shape index (κ2) is 14.3. The van der Waals surface area contributed by atoms with Gasteiger partial charge in [-0.1, -0.05) is 24.3 Å². The van der Waals surface area contributed by atoms with Gasteiger partial charge in [0.05, 0.1) is 28.3 Å². The van der Waals surface area contributed by atoms with E-state index in [9.17, 15) is 13.2 Å². The summed E-state index contributed by atoms with van der Waals surface area (Å²) in [4.78, 5) is 22.3. The average molecular weight is 590 g/mol. The third-order valence-electron chi connectivity index (χ3n) is 7.05. The number of nitrogens with zero attached hydrogens (tertiary/aromatic N) is 4. The van der Waals surface area contributed by atoms with Crippen LogP contribution in [0.4, 0.5) is 5.13 Å². The number of piperazine rings is 1. The molecule has 1 fully saturated rings. The van der Waals surface area contributed by atoms with E-state index in [4.69, 9.17) is 14.5 Å². The number of amides is 1. The van der Waals surface area contributed by atoms with Gasteiger partial charge in [0.15, 0.2) is 5.13 Å². The Labute approximate surface area is 240 Å². The third-order valence-corrected chi connectivity index (χ3v) is 10.0. The number of benzene rings is 2. The van der Waals surface area contributed by atoms with E-state index >= 15 is 0 Å². The average Bonchev–Trinajstić information content (AvgIpc) is 3.41. The zero-order chi connectivity index (χ0) is 28.5. The van der Waals surface area contributed by atoms with E-state index < -0.39 is 10.0 Å². The van der Waals surface area contributed by atoms with Gasteiger partial charge in [0.1, 0.15) is 0 Å². The van der Waals surface area contributed by atoms with Gasteiger partial charge in [0.25, 0.3) is 5.91 Å². The molecule has 12 heteroatoms. The standard InChI is InChI=1S/C28H39N5O5S2/c1-4-22-5-10-25-26(21-22)39-28(30-25)32-15-13-31(14-16-32)12-11-29-27(34)23-6-8-24(9-7-23)40(35,36)33(17-19-37-2)18-20-38-3/h5-10,21H,4,11-20H2,1-3H3,(H,29,34). The molecule has 0 bridgehead atoms. The lowest BCUT2D eigenvalue weighted by Crippen LogP contribution is -2.48. The lowest BCUT2D eigenvalue weighted by atomic mass is 10.2. The van der Waals surface area contributed by atoms with Crippen LogP contribution in [0.2, 0.25) is 0 Å². The summed E-state index contributed by atoms with van der Waals surface area (Å²) < 4.78 is 38.8. The van der Waals surface area contributed by atoms with Crippen LogP contribution in [0.3, 0.4) is 0 Å². The zero-order valence-corrected chi connectivity index (χ0v) is 25.1. The summed E-state index contributed by atoms with van der Waals surface area (Å²) in [6, 6.07) is 12.5. The molecule has 40 heavy (non-hydrogen) atoms. The maximum atomic E-state index is 13.1. The van der Waals surface area contributed by atoms with Gasteiger partial charge in [-0.25, -0.2) is 13.4 Å². The number of aromatic nitrogens is 1. The molecule has 1 saturated heterocycles. The SMILES string of the molecule is CCc1ccc2nc(N3CCN(CCNC(=O)c4ccc(S(=O)(=O)N(CCOC)CCOC)cc4)CC3)sc2c1. The highest BCUT2D eigenvalue weighted by Gasteiger charge is 2.24. The van der Waals surface area contributed by atoms with Crippen LogP contribution in [-0.2, 0) is 25.9 Å². The molecule has 0 spiro atoms. The van der Waals surface area contributed by atoms with Gasteiger partial charge >= 0.3 is 0 Å². The number of thiazole rings is 1. The molecule has 0 atom stereocenters. The van der Waals surface area contributed by atoms with Crippen molar-refractivity contribution in [1.82, 2.24) is 19.5 Å². The molecule has 10 nitrogen and oxygen atoms in total. The number of fused-ring (bicyclic) bond motifs is 1. The fourth-order valence-corrected chi connectivity index (χ4v) is 7.06. The second-order valence-electron chi connectivity index (χ2n) is 9.65. The Balaban J connectivity index is 1.24. The van der Waals surface area contributed by atoms with E-state index in [2.05, 4.69) is 40.2 Å². The number of methoxy groups -OCH3 is 2. The van der Waals surface area contributed by atoms with Crippen LogP contribution in [0.5, 0.6) is 0 Å². The Hall–Kier alpha value is -2.61. The molecular weight excluding hydrogens is 550 g/mol. The van der Waals surface area contributed by atoms with Crippen molar-refractivity contribution < 1.29 is 22.7 Å². The summed E-state index contributed by atoms with van der Waals surface area (Å²) in [7, 11) is -0.672. The fraction of sp³-hybridized carbons (Fsp3) is 0.500. The lowest BCUT2D eigenvalue weighted by molar-refractivity contribution is 0.0947. The molecule has 218 valence electrons. The molecule has 0 aliphatic carbocycles. The maximum Gasteiger partial charge on any atom is 0.251 e. The zero-order valence-electron chi connectivity index (χ0n) is 23.5. The predicted octanol–water partition coefficient (Wildman–Crippen LogP) is 2.69. The Morgan fingerprint density at radius 3 is 2.33 bits per heavy atom. The Bertz CT molecular complexity index is 1350.